The summed E-state index contributed by atoms with van der Waals surface area (Å²) in [5.41, 5.74) is 0.654. The van der Waals surface area contributed by atoms with Gasteiger partial charge in [-0.05, 0) is 55.1 Å². The minimum Gasteiger partial charge on any atom is -0.506 e. The Morgan fingerprint density at radius 2 is 1.94 bits per heavy atom. The zero-order valence-electron chi connectivity index (χ0n) is 28.2. The number of amides is 1. The lowest BCUT2D eigenvalue weighted by atomic mass is 9.89. The quantitative estimate of drug-likeness (QED) is 0.158. The molecule has 1 atom stereocenters. The number of H-pyrrole nitrogens is 1. The third-order valence-electron chi connectivity index (χ3n) is 9.50. The Morgan fingerprint density at radius 3 is 2.70 bits per heavy atom. The maximum Gasteiger partial charge on any atom is 0.273 e. The molecule has 1 amide bonds. The number of halogens is 2. The Balaban J connectivity index is 0.935. The van der Waals surface area contributed by atoms with E-state index in [4.69, 9.17) is 9.47 Å². The normalized spacial score (nSPS) is 17.1. The van der Waals surface area contributed by atoms with Crippen molar-refractivity contribution in [2.45, 2.75) is 50.7 Å². The van der Waals surface area contributed by atoms with Gasteiger partial charge in [0.1, 0.15) is 18.1 Å². The summed E-state index contributed by atoms with van der Waals surface area (Å²) in [5.74, 6) is -2.03. The van der Waals surface area contributed by atoms with Crippen LogP contribution in [0.3, 0.4) is 0 Å². The number of benzene rings is 2. The van der Waals surface area contributed by atoms with Gasteiger partial charge in [0.05, 0.1) is 35.4 Å². The SMILES string of the molecule is CC(C)c1nc(C(=O)N2CCOC3(CCN(CCOc4ccc(CCNC[C@H](O)c5ccc(O)c6[nH]c(=O)ccc56)c(F)c4F)CC3)C2)cs1. The number of phenolic OH excluding ortho intramolecular Hbond substituents is 1. The maximum atomic E-state index is 14.9. The summed E-state index contributed by atoms with van der Waals surface area (Å²) in [4.78, 5) is 36.0. The van der Waals surface area contributed by atoms with Crippen molar-refractivity contribution in [2.75, 3.05) is 59.0 Å². The van der Waals surface area contributed by atoms with Crippen molar-refractivity contribution in [1.29, 1.82) is 0 Å². The fourth-order valence-corrected chi connectivity index (χ4v) is 7.41. The third-order valence-corrected chi connectivity index (χ3v) is 10.6. The number of nitrogens with one attached hydrogen (secondary N) is 2. The topological polar surface area (TPSA) is 140 Å². The second-order valence-corrected chi connectivity index (χ2v) is 14.2. The molecule has 50 heavy (non-hydrogen) atoms. The van der Waals surface area contributed by atoms with Crippen LogP contribution in [0.1, 0.15) is 65.3 Å². The first-order valence-corrected chi connectivity index (χ1v) is 17.9. The largest absolute Gasteiger partial charge is 0.506 e. The number of piperidine rings is 1. The van der Waals surface area contributed by atoms with Gasteiger partial charge in [-0.1, -0.05) is 26.0 Å². The predicted octanol–water partition coefficient (Wildman–Crippen LogP) is 4.34. The van der Waals surface area contributed by atoms with E-state index in [1.807, 2.05) is 10.3 Å². The number of pyridine rings is 1. The van der Waals surface area contributed by atoms with E-state index >= 15 is 0 Å². The van der Waals surface area contributed by atoms with E-state index in [9.17, 15) is 28.6 Å². The summed E-state index contributed by atoms with van der Waals surface area (Å²) >= 11 is 1.51. The van der Waals surface area contributed by atoms with Crippen molar-refractivity contribution in [2.24, 2.45) is 0 Å². The first kappa shape index (κ1) is 35.9. The molecule has 2 saturated heterocycles. The molecule has 0 radical (unpaired) electrons. The number of aliphatic hydroxyl groups is 1. The smallest absolute Gasteiger partial charge is 0.273 e. The molecule has 0 bridgehead atoms. The van der Waals surface area contributed by atoms with Gasteiger partial charge in [-0.3, -0.25) is 14.5 Å². The number of phenols is 1. The monoisotopic (exact) mass is 711 g/mol. The van der Waals surface area contributed by atoms with Gasteiger partial charge >= 0.3 is 0 Å². The molecular formula is C36H43F2N5O6S. The predicted molar refractivity (Wildman–Crippen MR) is 186 cm³/mol. The number of aromatic amines is 1. The fraction of sp³-hybridized carbons (Fsp3) is 0.472. The number of aromatic nitrogens is 2. The van der Waals surface area contributed by atoms with Crippen molar-refractivity contribution in [3.8, 4) is 11.5 Å². The second kappa shape index (κ2) is 15.5. The van der Waals surface area contributed by atoms with Gasteiger partial charge < -0.3 is 34.9 Å². The molecule has 0 saturated carbocycles. The van der Waals surface area contributed by atoms with E-state index in [0.717, 1.165) is 30.9 Å². The van der Waals surface area contributed by atoms with E-state index in [0.29, 0.717) is 42.9 Å². The summed E-state index contributed by atoms with van der Waals surface area (Å²) in [5, 5.41) is 27.1. The zero-order valence-corrected chi connectivity index (χ0v) is 29.0. The van der Waals surface area contributed by atoms with Crippen LogP contribution in [0.15, 0.2) is 46.6 Å². The minimum atomic E-state index is -1.04. The third kappa shape index (κ3) is 8.00. The van der Waals surface area contributed by atoms with E-state index in [1.165, 1.54) is 41.7 Å². The lowest BCUT2D eigenvalue weighted by Crippen LogP contribution is -2.58. The number of morpholine rings is 1. The number of fused-ring (bicyclic) bond motifs is 1. The number of aromatic hydroxyl groups is 1. The van der Waals surface area contributed by atoms with Crippen LogP contribution in [0.2, 0.25) is 0 Å². The Morgan fingerprint density at radius 1 is 1.14 bits per heavy atom. The molecule has 2 aliphatic heterocycles. The number of ether oxygens (including phenoxy) is 2. The molecule has 2 aliphatic rings. The number of rotatable bonds is 12. The Kier molecular flexibility index (Phi) is 11.1. The van der Waals surface area contributed by atoms with Gasteiger partial charge in [-0.2, -0.15) is 4.39 Å². The van der Waals surface area contributed by atoms with Gasteiger partial charge in [0.2, 0.25) is 11.4 Å². The summed E-state index contributed by atoms with van der Waals surface area (Å²) in [6, 6.07) is 8.77. The van der Waals surface area contributed by atoms with Gasteiger partial charge in [0, 0.05) is 55.5 Å². The number of carbonyl (C=O) groups excluding carboxylic acids is 1. The first-order chi connectivity index (χ1) is 24.0. The van der Waals surface area contributed by atoms with Crippen LogP contribution in [0, 0.1) is 11.6 Å². The van der Waals surface area contributed by atoms with Gasteiger partial charge in [0.25, 0.3) is 5.91 Å². The van der Waals surface area contributed by atoms with E-state index in [2.05, 4.69) is 34.0 Å². The molecule has 1 spiro atoms. The van der Waals surface area contributed by atoms with Crippen LogP contribution in [0.5, 0.6) is 11.5 Å². The van der Waals surface area contributed by atoms with E-state index in [1.54, 1.807) is 6.07 Å². The van der Waals surface area contributed by atoms with Gasteiger partial charge in [0.15, 0.2) is 11.6 Å². The number of thiazole rings is 1. The second-order valence-electron chi connectivity index (χ2n) is 13.3. The van der Waals surface area contributed by atoms with Crippen LogP contribution < -0.4 is 15.6 Å². The average molecular weight is 712 g/mol. The van der Waals surface area contributed by atoms with Crippen molar-refractivity contribution in [3.63, 3.8) is 0 Å². The minimum absolute atomic E-state index is 0.0539. The van der Waals surface area contributed by atoms with Crippen molar-refractivity contribution in [1.82, 2.24) is 25.1 Å². The van der Waals surface area contributed by atoms with Crippen molar-refractivity contribution < 1.29 is 33.3 Å². The molecule has 6 rings (SSSR count). The summed E-state index contributed by atoms with van der Waals surface area (Å²) in [7, 11) is 0. The molecule has 0 aliphatic carbocycles. The highest BCUT2D eigenvalue weighted by Crippen LogP contribution is 2.32. The first-order valence-electron chi connectivity index (χ1n) is 17.0. The number of likely N-dealkylation sites (tertiary alicyclic amines) is 1. The highest BCUT2D eigenvalue weighted by molar-refractivity contribution is 7.09. The summed E-state index contributed by atoms with van der Waals surface area (Å²) in [6.45, 7) is 8.27. The Labute approximate surface area is 292 Å². The molecule has 2 fully saturated rings. The van der Waals surface area contributed by atoms with Crippen LogP contribution in [-0.4, -0.2) is 101 Å². The number of nitrogens with zero attached hydrogens (tertiary/aromatic N) is 3. The van der Waals surface area contributed by atoms with Crippen LogP contribution in [-0.2, 0) is 11.2 Å². The molecule has 4 heterocycles. The molecular weight excluding hydrogens is 668 g/mol. The van der Waals surface area contributed by atoms with E-state index < -0.39 is 23.3 Å². The van der Waals surface area contributed by atoms with Gasteiger partial charge in [-0.25, -0.2) is 9.37 Å². The average Bonchev–Trinajstić information content (AvgIpc) is 3.61. The number of carbonyl (C=O) groups is 1. The maximum absolute atomic E-state index is 14.9. The Bertz CT molecular complexity index is 1880. The molecule has 2 aromatic heterocycles. The molecule has 2 aromatic carbocycles. The summed E-state index contributed by atoms with van der Waals surface area (Å²) < 4.78 is 41.7. The highest BCUT2D eigenvalue weighted by Gasteiger charge is 2.41. The standard InChI is InChI=1S/C36H43F2N5O6S/c1-22(2)34-40-26(20-50-34)35(47)43-16-18-49-36(21-43)10-13-42(14-11-36)15-17-48-29-7-3-23(31(37)32(29)38)9-12-39-19-28(45)24-4-6-27(44)33-25(24)5-8-30(46)41-33/h3-8,20,22,28,39,44-45H,9-19,21H2,1-2H3,(H,41,46)/t28-/m0/s1. The number of hydrogen-bond donors (Lipinski definition) is 4. The molecule has 11 nitrogen and oxygen atoms in total. The molecule has 4 aromatic rings. The summed E-state index contributed by atoms with van der Waals surface area (Å²) in [6.07, 6.45) is 0.719. The number of hydrogen-bond acceptors (Lipinski definition) is 10. The van der Waals surface area contributed by atoms with Crippen LogP contribution in [0.4, 0.5) is 8.78 Å². The fourth-order valence-electron chi connectivity index (χ4n) is 6.60. The highest BCUT2D eigenvalue weighted by atomic mass is 32.1. The van der Waals surface area contributed by atoms with Crippen LogP contribution >= 0.6 is 11.3 Å². The molecule has 268 valence electrons. The van der Waals surface area contributed by atoms with Crippen LogP contribution in [0.25, 0.3) is 10.9 Å². The molecule has 4 N–H and O–H groups in total. The molecule has 14 heteroatoms. The van der Waals surface area contributed by atoms with Crippen molar-refractivity contribution >= 4 is 28.1 Å². The lowest BCUT2D eigenvalue weighted by Gasteiger charge is -2.47. The Hall–Kier alpha value is -3.95. The van der Waals surface area contributed by atoms with Gasteiger partial charge in [-0.15, -0.1) is 11.3 Å². The number of aliphatic hydroxyl groups excluding tert-OH is 1. The lowest BCUT2D eigenvalue weighted by molar-refractivity contribution is -0.127. The molecule has 0 unspecified atom stereocenters. The van der Waals surface area contributed by atoms with E-state index in [-0.39, 0.29) is 66.1 Å². The van der Waals surface area contributed by atoms with Crippen molar-refractivity contribution in [3.05, 3.63) is 85.6 Å². The zero-order chi connectivity index (χ0) is 35.4.